The van der Waals surface area contributed by atoms with E-state index in [0.29, 0.717) is 6.73 Å². The highest BCUT2D eigenvalue weighted by Gasteiger charge is 1.93. The smallest absolute Gasteiger partial charge is 0.278 e. The van der Waals surface area contributed by atoms with Crippen molar-refractivity contribution in [2.75, 3.05) is 7.11 Å². The molecule has 0 atom stereocenters. The third kappa shape index (κ3) is 1.77. The van der Waals surface area contributed by atoms with Crippen molar-refractivity contribution in [1.82, 2.24) is 5.10 Å². The highest BCUT2D eigenvalue weighted by Crippen LogP contribution is 1.71. The van der Waals surface area contributed by atoms with Gasteiger partial charge in [-0.1, -0.05) is 4.68 Å². The van der Waals surface area contributed by atoms with Crippen LogP contribution in [-0.4, -0.2) is 12.2 Å². The normalized spacial score (nSPS) is 9.44. The SMILES string of the molecule is COC[n+]1ccccn1. The van der Waals surface area contributed by atoms with Gasteiger partial charge in [0.25, 0.3) is 6.73 Å². The largest absolute Gasteiger partial charge is 0.325 e. The van der Waals surface area contributed by atoms with E-state index in [2.05, 4.69) is 5.10 Å². The minimum absolute atomic E-state index is 0.515. The molecule has 1 aromatic heterocycles. The Morgan fingerprint density at radius 3 is 3.00 bits per heavy atom. The molecule has 0 aliphatic heterocycles. The molecule has 0 aromatic carbocycles. The summed E-state index contributed by atoms with van der Waals surface area (Å²) < 4.78 is 6.54. The molecule has 3 heteroatoms. The van der Waals surface area contributed by atoms with Gasteiger partial charge in [0.15, 0.2) is 6.20 Å². The Balaban J connectivity index is 2.61. The van der Waals surface area contributed by atoms with E-state index in [1.165, 1.54) is 0 Å². The molecule has 0 radical (unpaired) electrons. The lowest BCUT2D eigenvalue weighted by molar-refractivity contribution is -0.783. The Morgan fingerprint density at radius 2 is 2.44 bits per heavy atom. The quantitative estimate of drug-likeness (QED) is 0.519. The van der Waals surface area contributed by atoms with Gasteiger partial charge in [-0.3, -0.25) is 0 Å². The molecule has 0 unspecified atom stereocenters. The van der Waals surface area contributed by atoms with Crippen molar-refractivity contribution in [1.29, 1.82) is 0 Å². The molecule has 0 bridgehead atoms. The standard InChI is InChI=1S/C6H9N2O/c1-9-6-8-5-3-2-4-7-8/h2-5H,6H2,1H3/q+1. The Labute approximate surface area is 53.9 Å². The van der Waals surface area contributed by atoms with Crippen molar-refractivity contribution in [3.63, 3.8) is 0 Å². The average Bonchev–Trinajstić information content (AvgIpc) is 1.91. The van der Waals surface area contributed by atoms with Crippen molar-refractivity contribution in [3.8, 4) is 0 Å². The lowest BCUT2D eigenvalue weighted by atomic mass is 10.6. The Bertz CT molecular complexity index is 164. The summed E-state index contributed by atoms with van der Waals surface area (Å²) in [6, 6.07) is 3.78. The van der Waals surface area contributed by atoms with E-state index in [1.807, 2.05) is 18.3 Å². The van der Waals surface area contributed by atoms with Gasteiger partial charge in [-0.05, 0) is 11.2 Å². The molecule has 1 heterocycles. The topological polar surface area (TPSA) is 26.0 Å². The third-order valence-electron chi connectivity index (χ3n) is 0.932. The first-order chi connectivity index (χ1) is 4.43. The maximum Gasteiger partial charge on any atom is 0.278 e. The van der Waals surface area contributed by atoms with Gasteiger partial charge in [-0.15, -0.1) is 0 Å². The minimum atomic E-state index is 0.515. The maximum atomic E-state index is 4.83. The molecule has 0 spiro atoms. The number of ether oxygens (including phenoxy) is 1. The summed E-state index contributed by atoms with van der Waals surface area (Å²) in [5, 5.41) is 3.96. The molecular formula is C6H9N2O+. The number of rotatable bonds is 2. The summed E-state index contributed by atoms with van der Waals surface area (Å²) in [6.45, 7) is 0.515. The zero-order chi connectivity index (χ0) is 6.53. The first-order valence-corrected chi connectivity index (χ1v) is 2.73. The van der Waals surface area contributed by atoms with Crippen LogP contribution in [0.2, 0.25) is 0 Å². The van der Waals surface area contributed by atoms with E-state index < -0.39 is 0 Å². The van der Waals surface area contributed by atoms with Gasteiger partial charge in [0.2, 0.25) is 0 Å². The predicted octanol–water partition coefficient (Wildman–Crippen LogP) is -0.0270. The number of hydrogen-bond acceptors (Lipinski definition) is 2. The summed E-state index contributed by atoms with van der Waals surface area (Å²) in [6.07, 6.45) is 3.57. The van der Waals surface area contributed by atoms with Crippen molar-refractivity contribution in [2.45, 2.75) is 6.73 Å². The van der Waals surface area contributed by atoms with Gasteiger partial charge in [0.05, 0.1) is 6.20 Å². The van der Waals surface area contributed by atoms with E-state index >= 15 is 0 Å². The molecule has 1 aromatic rings. The number of methoxy groups -OCH3 is 1. The second kappa shape index (κ2) is 3.14. The Kier molecular flexibility index (Phi) is 2.15. The summed E-state index contributed by atoms with van der Waals surface area (Å²) in [5.74, 6) is 0. The summed E-state index contributed by atoms with van der Waals surface area (Å²) in [4.78, 5) is 0. The first kappa shape index (κ1) is 6.16. The van der Waals surface area contributed by atoms with Crippen LogP contribution in [0.4, 0.5) is 0 Å². The van der Waals surface area contributed by atoms with Gasteiger partial charge in [0, 0.05) is 13.2 Å². The summed E-state index contributed by atoms with van der Waals surface area (Å²) in [5.41, 5.74) is 0. The van der Waals surface area contributed by atoms with E-state index in [0.717, 1.165) is 0 Å². The van der Waals surface area contributed by atoms with Crippen LogP contribution in [-0.2, 0) is 11.5 Å². The summed E-state index contributed by atoms with van der Waals surface area (Å²) >= 11 is 0. The molecule has 1 rings (SSSR count). The third-order valence-corrected chi connectivity index (χ3v) is 0.932. The monoisotopic (exact) mass is 125 g/mol. The van der Waals surface area contributed by atoms with Crippen molar-refractivity contribution >= 4 is 0 Å². The molecule has 3 nitrogen and oxygen atoms in total. The number of nitrogens with zero attached hydrogens (tertiary/aromatic N) is 2. The molecule has 0 aliphatic carbocycles. The molecule has 9 heavy (non-hydrogen) atoms. The van der Waals surface area contributed by atoms with E-state index in [4.69, 9.17) is 4.74 Å². The molecule has 0 N–H and O–H groups in total. The van der Waals surface area contributed by atoms with Crippen molar-refractivity contribution in [2.24, 2.45) is 0 Å². The van der Waals surface area contributed by atoms with Crippen LogP contribution in [0.25, 0.3) is 0 Å². The zero-order valence-corrected chi connectivity index (χ0v) is 5.32. The highest BCUT2D eigenvalue weighted by molar-refractivity contribution is 4.76. The second-order valence-corrected chi connectivity index (χ2v) is 1.66. The minimum Gasteiger partial charge on any atom is -0.325 e. The summed E-state index contributed by atoms with van der Waals surface area (Å²) in [7, 11) is 1.64. The van der Waals surface area contributed by atoms with Gasteiger partial charge in [-0.2, -0.15) is 0 Å². The van der Waals surface area contributed by atoms with Gasteiger partial charge in [-0.25, -0.2) is 0 Å². The molecule has 48 valence electrons. The van der Waals surface area contributed by atoms with Gasteiger partial charge in [0.1, 0.15) is 0 Å². The highest BCUT2D eigenvalue weighted by atomic mass is 16.5. The fraction of sp³-hybridized carbons (Fsp3) is 0.333. The first-order valence-electron chi connectivity index (χ1n) is 2.73. The number of aromatic nitrogens is 2. The molecule has 0 amide bonds. The molecule has 0 saturated heterocycles. The second-order valence-electron chi connectivity index (χ2n) is 1.66. The van der Waals surface area contributed by atoms with Crippen LogP contribution in [0, 0.1) is 0 Å². The lowest BCUT2D eigenvalue weighted by Crippen LogP contribution is -2.37. The predicted molar refractivity (Wildman–Crippen MR) is 31.4 cm³/mol. The Morgan fingerprint density at radius 1 is 1.56 bits per heavy atom. The zero-order valence-electron chi connectivity index (χ0n) is 5.32. The van der Waals surface area contributed by atoms with Crippen LogP contribution in [0.15, 0.2) is 24.5 Å². The van der Waals surface area contributed by atoms with Crippen molar-refractivity contribution < 1.29 is 9.42 Å². The van der Waals surface area contributed by atoms with Crippen LogP contribution in [0.1, 0.15) is 0 Å². The van der Waals surface area contributed by atoms with Crippen LogP contribution >= 0.6 is 0 Å². The van der Waals surface area contributed by atoms with E-state index in [9.17, 15) is 0 Å². The van der Waals surface area contributed by atoms with Crippen LogP contribution in [0.5, 0.6) is 0 Å². The van der Waals surface area contributed by atoms with E-state index in [-0.39, 0.29) is 0 Å². The van der Waals surface area contributed by atoms with Crippen LogP contribution in [0.3, 0.4) is 0 Å². The Hall–Kier alpha value is -0.960. The molecule has 0 saturated carbocycles. The van der Waals surface area contributed by atoms with E-state index in [1.54, 1.807) is 18.0 Å². The van der Waals surface area contributed by atoms with Crippen molar-refractivity contribution in [3.05, 3.63) is 24.5 Å². The van der Waals surface area contributed by atoms with Gasteiger partial charge >= 0.3 is 0 Å². The van der Waals surface area contributed by atoms with Gasteiger partial charge < -0.3 is 4.74 Å². The fourth-order valence-electron chi connectivity index (χ4n) is 0.570. The average molecular weight is 125 g/mol. The van der Waals surface area contributed by atoms with Crippen LogP contribution < -0.4 is 4.68 Å². The molecule has 0 aliphatic rings. The maximum absolute atomic E-state index is 4.83. The number of hydrogen-bond donors (Lipinski definition) is 0. The molecular weight excluding hydrogens is 116 g/mol. The molecule has 0 fully saturated rings. The lowest BCUT2D eigenvalue weighted by Gasteiger charge is -1.87. The fourth-order valence-corrected chi connectivity index (χ4v) is 0.570.